The molecule has 2 N–H and O–H groups in total. The normalized spacial score (nSPS) is 28.8. The summed E-state index contributed by atoms with van der Waals surface area (Å²) in [5, 5.41) is 0. The first-order chi connectivity index (χ1) is 9.11. The van der Waals surface area contributed by atoms with Crippen LogP contribution in [0.3, 0.4) is 0 Å². The number of nitrogens with two attached hydrogens (primary N) is 1. The fourth-order valence-corrected chi connectivity index (χ4v) is 3.82. The minimum absolute atomic E-state index is 0.428. The van der Waals surface area contributed by atoms with Gasteiger partial charge >= 0.3 is 0 Å². The maximum atomic E-state index is 6.02. The summed E-state index contributed by atoms with van der Waals surface area (Å²) in [4.78, 5) is 0. The van der Waals surface area contributed by atoms with Gasteiger partial charge in [0.15, 0.2) is 0 Å². The topological polar surface area (TPSA) is 35.2 Å². The lowest BCUT2D eigenvalue weighted by Gasteiger charge is -2.41. The van der Waals surface area contributed by atoms with Crippen LogP contribution in [-0.4, -0.2) is 13.2 Å². The zero-order chi connectivity index (χ0) is 13.5. The van der Waals surface area contributed by atoms with Gasteiger partial charge in [0.05, 0.1) is 6.61 Å². The molecular weight excluding hydrogens is 234 g/mol. The van der Waals surface area contributed by atoms with Gasteiger partial charge in [0, 0.05) is 6.42 Å². The van der Waals surface area contributed by atoms with E-state index in [9.17, 15) is 0 Å². The van der Waals surface area contributed by atoms with Crippen molar-refractivity contribution in [3.8, 4) is 5.75 Å². The smallest absolute Gasteiger partial charge is 0.126 e. The van der Waals surface area contributed by atoms with E-state index in [-0.39, 0.29) is 0 Å². The second kappa shape index (κ2) is 4.82. The van der Waals surface area contributed by atoms with Crippen molar-refractivity contribution in [1.82, 2.24) is 0 Å². The standard InChI is InChI=1S/C17H25NO/c1-17(2)8-6-13(11-18)15(10-17)14-5-3-4-12-7-9-19-16(12)14/h3-5,13,15H,6-11,18H2,1-2H3. The Morgan fingerprint density at radius 2 is 2.21 bits per heavy atom. The average molecular weight is 259 g/mol. The minimum atomic E-state index is 0.428. The van der Waals surface area contributed by atoms with E-state index in [4.69, 9.17) is 10.5 Å². The van der Waals surface area contributed by atoms with Crippen LogP contribution in [0.5, 0.6) is 5.75 Å². The first-order valence-corrected chi connectivity index (χ1v) is 7.55. The van der Waals surface area contributed by atoms with Crippen molar-refractivity contribution in [3.63, 3.8) is 0 Å². The van der Waals surface area contributed by atoms with Crippen molar-refractivity contribution in [2.24, 2.45) is 17.1 Å². The highest BCUT2D eigenvalue weighted by Gasteiger charge is 2.37. The molecule has 0 saturated heterocycles. The largest absolute Gasteiger partial charge is 0.493 e. The highest BCUT2D eigenvalue weighted by atomic mass is 16.5. The molecule has 0 bridgehead atoms. The summed E-state index contributed by atoms with van der Waals surface area (Å²) in [6.45, 7) is 6.41. The summed E-state index contributed by atoms with van der Waals surface area (Å²) in [6.07, 6.45) is 4.83. The quantitative estimate of drug-likeness (QED) is 0.882. The lowest BCUT2D eigenvalue weighted by atomic mass is 9.65. The van der Waals surface area contributed by atoms with Gasteiger partial charge < -0.3 is 10.5 Å². The predicted molar refractivity (Wildman–Crippen MR) is 78.6 cm³/mol. The van der Waals surface area contributed by atoms with Crippen molar-refractivity contribution < 1.29 is 4.74 Å². The van der Waals surface area contributed by atoms with Crippen molar-refractivity contribution in [3.05, 3.63) is 29.3 Å². The monoisotopic (exact) mass is 259 g/mol. The van der Waals surface area contributed by atoms with E-state index in [1.54, 1.807) is 0 Å². The highest BCUT2D eigenvalue weighted by Crippen LogP contribution is 2.49. The van der Waals surface area contributed by atoms with Gasteiger partial charge in [-0.1, -0.05) is 32.0 Å². The molecular formula is C17H25NO. The van der Waals surface area contributed by atoms with Gasteiger partial charge in [-0.25, -0.2) is 0 Å². The Kier molecular flexibility index (Phi) is 3.30. The number of benzene rings is 1. The van der Waals surface area contributed by atoms with E-state index in [0.29, 0.717) is 17.3 Å². The Morgan fingerprint density at radius 1 is 1.37 bits per heavy atom. The summed E-state index contributed by atoms with van der Waals surface area (Å²) in [5.41, 5.74) is 9.25. The fraction of sp³-hybridized carbons (Fsp3) is 0.647. The molecule has 0 amide bonds. The first-order valence-electron chi connectivity index (χ1n) is 7.55. The maximum Gasteiger partial charge on any atom is 0.126 e. The summed E-state index contributed by atoms with van der Waals surface area (Å²) in [6, 6.07) is 6.66. The fourth-order valence-electron chi connectivity index (χ4n) is 3.82. The Balaban J connectivity index is 1.97. The van der Waals surface area contributed by atoms with Crippen molar-refractivity contribution >= 4 is 0 Å². The first kappa shape index (κ1) is 13.0. The van der Waals surface area contributed by atoms with Crippen LogP contribution < -0.4 is 10.5 Å². The number of fused-ring (bicyclic) bond motifs is 1. The maximum absolute atomic E-state index is 6.02. The average Bonchev–Trinajstić information content (AvgIpc) is 2.85. The number of hydrogen-bond acceptors (Lipinski definition) is 2. The van der Waals surface area contributed by atoms with Crippen molar-refractivity contribution in [2.75, 3.05) is 13.2 Å². The molecule has 2 unspecified atom stereocenters. The van der Waals surface area contributed by atoms with Crippen LogP contribution in [0.15, 0.2) is 18.2 Å². The van der Waals surface area contributed by atoms with Crippen LogP contribution in [-0.2, 0) is 6.42 Å². The Morgan fingerprint density at radius 3 is 3.00 bits per heavy atom. The zero-order valence-electron chi connectivity index (χ0n) is 12.1. The Hall–Kier alpha value is -1.02. The minimum Gasteiger partial charge on any atom is -0.493 e. The molecule has 104 valence electrons. The Bertz CT molecular complexity index is 466. The predicted octanol–water partition coefficient (Wildman–Crippen LogP) is 3.49. The summed E-state index contributed by atoms with van der Waals surface area (Å²) in [5.74, 6) is 2.36. The molecule has 19 heavy (non-hydrogen) atoms. The third-order valence-electron chi connectivity index (χ3n) is 4.98. The molecule has 1 saturated carbocycles. The van der Waals surface area contributed by atoms with Gasteiger partial charge in [-0.3, -0.25) is 0 Å². The van der Waals surface area contributed by atoms with Gasteiger partial charge in [-0.15, -0.1) is 0 Å². The van der Waals surface area contributed by atoms with E-state index >= 15 is 0 Å². The van der Waals surface area contributed by atoms with Crippen LogP contribution >= 0.6 is 0 Å². The number of rotatable bonds is 2. The highest BCUT2D eigenvalue weighted by molar-refractivity contribution is 5.46. The molecule has 1 fully saturated rings. The van der Waals surface area contributed by atoms with Crippen molar-refractivity contribution in [1.29, 1.82) is 0 Å². The molecule has 0 spiro atoms. The van der Waals surface area contributed by atoms with E-state index in [1.807, 2.05) is 0 Å². The molecule has 1 heterocycles. The van der Waals surface area contributed by atoms with E-state index in [2.05, 4.69) is 32.0 Å². The third kappa shape index (κ3) is 2.38. The third-order valence-corrected chi connectivity index (χ3v) is 4.98. The molecule has 2 atom stereocenters. The van der Waals surface area contributed by atoms with Crippen LogP contribution in [0.25, 0.3) is 0 Å². The van der Waals surface area contributed by atoms with E-state index in [0.717, 1.165) is 19.6 Å². The van der Waals surface area contributed by atoms with E-state index in [1.165, 1.54) is 36.1 Å². The number of para-hydroxylation sites is 1. The van der Waals surface area contributed by atoms with Crippen LogP contribution in [0, 0.1) is 11.3 Å². The molecule has 1 aliphatic heterocycles. The Labute approximate surface area is 116 Å². The van der Waals surface area contributed by atoms with Gasteiger partial charge in [-0.05, 0) is 54.2 Å². The van der Waals surface area contributed by atoms with Crippen LogP contribution in [0.4, 0.5) is 0 Å². The molecule has 0 aromatic heterocycles. The van der Waals surface area contributed by atoms with Crippen molar-refractivity contribution in [2.45, 2.75) is 45.4 Å². The molecule has 1 aromatic rings. The second-order valence-corrected chi connectivity index (χ2v) is 6.94. The lowest BCUT2D eigenvalue weighted by Crippen LogP contribution is -2.32. The van der Waals surface area contributed by atoms with Crippen LogP contribution in [0.2, 0.25) is 0 Å². The molecule has 2 aliphatic rings. The molecule has 2 nitrogen and oxygen atoms in total. The second-order valence-electron chi connectivity index (χ2n) is 6.94. The molecule has 0 radical (unpaired) electrons. The summed E-state index contributed by atoms with van der Waals surface area (Å²) in [7, 11) is 0. The lowest BCUT2D eigenvalue weighted by molar-refractivity contribution is 0.163. The SMILES string of the molecule is CC1(C)CCC(CN)C(c2cccc3c2OCC3)C1. The molecule has 1 aromatic carbocycles. The number of ether oxygens (including phenoxy) is 1. The molecule has 3 rings (SSSR count). The van der Waals surface area contributed by atoms with E-state index < -0.39 is 0 Å². The van der Waals surface area contributed by atoms with Gasteiger partial charge in [0.1, 0.15) is 5.75 Å². The zero-order valence-corrected chi connectivity index (χ0v) is 12.1. The molecule has 2 heteroatoms. The summed E-state index contributed by atoms with van der Waals surface area (Å²) < 4.78 is 5.90. The van der Waals surface area contributed by atoms with Crippen LogP contribution in [0.1, 0.15) is 50.2 Å². The molecule has 1 aliphatic carbocycles. The van der Waals surface area contributed by atoms with Gasteiger partial charge in [0.25, 0.3) is 0 Å². The summed E-state index contributed by atoms with van der Waals surface area (Å²) >= 11 is 0. The van der Waals surface area contributed by atoms with Gasteiger partial charge in [0.2, 0.25) is 0 Å². The van der Waals surface area contributed by atoms with Gasteiger partial charge in [-0.2, -0.15) is 0 Å². The number of hydrogen-bond donors (Lipinski definition) is 1.